The Balaban J connectivity index is 2.21. The van der Waals surface area contributed by atoms with Crippen molar-refractivity contribution in [3.8, 4) is 28.6 Å². The van der Waals surface area contributed by atoms with Gasteiger partial charge in [0.05, 0.1) is 11.3 Å². The summed E-state index contributed by atoms with van der Waals surface area (Å²) < 4.78 is 1.30. The molecule has 0 bridgehead atoms. The number of rotatable bonds is 4. The summed E-state index contributed by atoms with van der Waals surface area (Å²) in [6.07, 6.45) is 0.712. The van der Waals surface area contributed by atoms with Crippen LogP contribution < -0.4 is 5.69 Å². The topological polar surface area (TPSA) is 108 Å². The van der Waals surface area contributed by atoms with E-state index >= 15 is 0 Å². The van der Waals surface area contributed by atoms with Gasteiger partial charge in [-0.25, -0.2) is 14.5 Å². The summed E-state index contributed by atoms with van der Waals surface area (Å²) in [6.45, 7) is 3.82. The molecule has 0 atom stereocenters. The molecular formula is C18H17N3O4. The Hall–Kier alpha value is -3.35. The van der Waals surface area contributed by atoms with E-state index in [1.54, 1.807) is 30.3 Å². The van der Waals surface area contributed by atoms with Crippen molar-refractivity contribution in [2.45, 2.75) is 19.8 Å². The number of carbonyl (C=O) groups is 1. The van der Waals surface area contributed by atoms with Gasteiger partial charge in [-0.05, 0) is 41.8 Å². The lowest BCUT2D eigenvalue weighted by atomic mass is 9.98. The zero-order valence-electron chi connectivity index (χ0n) is 13.7. The number of H-pyrrole nitrogens is 1. The van der Waals surface area contributed by atoms with Crippen LogP contribution in [0.2, 0.25) is 0 Å². The van der Waals surface area contributed by atoms with Crippen LogP contribution in [0, 0.1) is 0 Å². The van der Waals surface area contributed by atoms with E-state index in [0.717, 1.165) is 0 Å². The number of phenolic OH excluding ortho intramolecular Hbond substituents is 2. The van der Waals surface area contributed by atoms with E-state index in [4.69, 9.17) is 0 Å². The van der Waals surface area contributed by atoms with Crippen LogP contribution in [-0.4, -0.2) is 31.3 Å². The summed E-state index contributed by atoms with van der Waals surface area (Å²) in [7, 11) is 0. The molecule has 7 nitrogen and oxygen atoms in total. The summed E-state index contributed by atoms with van der Waals surface area (Å²) in [4.78, 5) is 23.0. The molecule has 128 valence electrons. The average molecular weight is 339 g/mol. The minimum absolute atomic E-state index is 0.0176. The number of aromatic amines is 1. The number of aromatic nitrogens is 3. The van der Waals surface area contributed by atoms with Crippen LogP contribution in [0.1, 0.15) is 35.7 Å². The summed E-state index contributed by atoms with van der Waals surface area (Å²) in [6, 6.07) is 9.25. The van der Waals surface area contributed by atoms with E-state index in [9.17, 15) is 19.8 Å². The van der Waals surface area contributed by atoms with Crippen molar-refractivity contribution in [2.75, 3.05) is 0 Å². The number of nitrogens with zero attached hydrogens (tertiary/aromatic N) is 2. The Morgan fingerprint density at radius 2 is 1.80 bits per heavy atom. The molecule has 0 fully saturated rings. The largest absolute Gasteiger partial charge is 0.508 e. The van der Waals surface area contributed by atoms with Crippen molar-refractivity contribution in [1.82, 2.24) is 14.8 Å². The summed E-state index contributed by atoms with van der Waals surface area (Å²) in [5, 5.41) is 26.6. The van der Waals surface area contributed by atoms with Gasteiger partial charge in [0.25, 0.3) is 0 Å². The molecule has 3 aromatic rings. The molecule has 0 spiro atoms. The van der Waals surface area contributed by atoms with Gasteiger partial charge < -0.3 is 10.2 Å². The number of benzene rings is 2. The van der Waals surface area contributed by atoms with Crippen LogP contribution in [0.15, 0.2) is 41.2 Å². The number of aldehydes is 1. The molecule has 1 heterocycles. The number of hydrogen-bond acceptors (Lipinski definition) is 5. The van der Waals surface area contributed by atoms with Crippen LogP contribution in [0.25, 0.3) is 17.1 Å². The van der Waals surface area contributed by atoms with Crippen LogP contribution in [0.3, 0.4) is 0 Å². The van der Waals surface area contributed by atoms with Crippen molar-refractivity contribution in [3.63, 3.8) is 0 Å². The van der Waals surface area contributed by atoms with E-state index < -0.39 is 5.69 Å². The standard InChI is InChI=1S/C18H17N3O4/c1-10(2)13-7-14(16(24)8-15(13)23)17-19-20-18(25)21(17)12-5-3-11(9-22)4-6-12/h3-10,23-24H,1-2H3,(H,20,25). The van der Waals surface area contributed by atoms with Gasteiger partial charge in [-0.1, -0.05) is 13.8 Å². The maximum Gasteiger partial charge on any atom is 0.348 e. The third kappa shape index (κ3) is 2.91. The lowest BCUT2D eigenvalue weighted by molar-refractivity contribution is 0.112. The monoisotopic (exact) mass is 339 g/mol. The van der Waals surface area contributed by atoms with Crippen molar-refractivity contribution >= 4 is 6.29 Å². The first kappa shape index (κ1) is 16.5. The Bertz CT molecular complexity index is 985. The predicted molar refractivity (Wildman–Crippen MR) is 92.4 cm³/mol. The second-order valence-corrected chi connectivity index (χ2v) is 5.98. The number of nitrogens with one attached hydrogen (secondary N) is 1. The lowest BCUT2D eigenvalue weighted by Crippen LogP contribution is -2.15. The van der Waals surface area contributed by atoms with Crippen LogP contribution >= 0.6 is 0 Å². The molecule has 7 heteroatoms. The highest BCUT2D eigenvalue weighted by Crippen LogP contribution is 2.37. The third-order valence-electron chi connectivity index (χ3n) is 3.97. The SMILES string of the molecule is CC(C)c1cc(-c2n[nH]c(=O)n2-c2ccc(C=O)cc2)c(O)cc1O. The highest BCUT2D eigenvalue weighted by atomic mass is 16.3. The second-order valence-electron chi connectivity index (χ2n) is 5.98. The Labute approximate surface area is 143 Å². The van der Waals surface area contributed by atoms with Crippen molar-refractivity contribution in [2.24, 2.45) is 0 Å². The number of phenols is 2. The third-order valence-corrected chi connectivity index (χ3v) is 3.97. The molecule has 0 radical (unpaired) electrons. The number of aromatic hydroxyl groups is 2. The smallest absolute Gasteiger partial charge is 0.348 e. The molecule has 0 amide bonds. The Kier molecular flexibility index (Phi) is 4.14. The fraction of sp³-hybridized carbons (Fsp3) is 0.167. The number of carbonyl (C=O) groups excluding carboxylic acids is 1. The maximum absolute atomic E-state index is 12.2. The molecule has 0 aliphatic rings. The van der Waals surface area contributed by atoms with Gasteiger partial charge in [0, 0.05) is 11.6 Å². The van der Waals surface area contributed by atoms with Gasteiger partial charge in [-0.15, -0.1) is 0 Å². The minimum atomic E-state index is -0.479. The molecule has 3 rings (SSSR count). The first-order chi connectivity index (χ1) is 11.9. The average Bonchev–Trinajstić information content (AvgIpc) is 2.96. The molecule has 0 aliphatic heterocycles. The molecule has 1 aromatic heterocycles. The van der Waals surface area contributed by atoms with Crippen molar-refractivity contribution in [3.05, 3.63) is 58.0 Å². The molecule has 25 heavy (non-hydrogen) atoms. The van der Waals surface area contributed by atoms with E-state index in [2.05, 4.69) is 10.2 Å². The van der Waals surface area contributed by atoms with Gasteiger partial charge >= 0.3 is 5.69 Å². The van der Waals surface area contributed by atoms with Gasteiger partial charge in [0.1, 0.15) is 17.8 Å². The molecule has 2 aromatic carbocycles. The Morgan fingerprint density at radius 1 is 1.12 bits per heavy atom. The lowest BCUT2D eigenvalue weighted by Gasteiger charge is -2.13. The summed E-state index contributed by atoms with van der Waals surface area (Å²) >= 11 is 0. The van der Waals surface area contributed by atoms with Crippen LogP contribution in [-0.2, 0) is 0 Å². The minimum Gasteiger partial charge on any atom is -0.508 e. The Morgan fingerprint density at radius 3 is 2.40 bits per heavy atom. The normalized spacial score (nSPS) is 11.0. The quantitative estimate of drug-likeness (QED) is 0.633. The maximum atomic E-state index is 12.2. The first-order valence-corrected chi connectivity index (χ1v) is 7.71. The van der Waals surface area contributed by atoms with Gasteiger partial charge in [-0.2, -0.15) is 5.10 Å². The molecule has 0 saturated carbocycles. The van der Waals surface area contributed by atoms with E-state index in [0.29, 0.717) is 28.7 Å². The van der Waals surface area contributed by atoms with Gasteiger partial charge in [-0.3, -0.25) is 4.79 Å². The van der Waals surface area contributed by atoms with E-state index in [-0.39, 0.29) is 23.2 Å². The molecule has 0 aliphatic carbocycles. The van der Waals surface area contributed by atoms with Crippen molar-refractivity contribution < 1.29 is 15.0 Å². The van der Waals surface area contributed by atoms with E-state index in [1.807, 2.05) is 13.8 Å². The van der Waals surface area contributed by atoms with Crippen LogP contribution in [0.5, 0.6) is 11.5 Å². The highest BCUT2D eigenvalue weighted by molar-refractivity contribution is 5.75. The molecular weight excluding hydrogens is 322 g/mol. The molecule has 0 unspecified atom stereocenters. The molecule has 3 N–H and O–H groups in total. The number of hydrogen-bond donors (Lipinski definition) is 3. The van der Waals surface area contributed by atoms with Gasteiger partial charge in [0.15, 0.2) is 5.82 Å². The molecule has 0 saturated heterocycles. The van der Waals surface area contributed by atoms with Crippen molar-refractivity contribution in [1.29, 1.82) is 0 Å². The highest BCUT2D eigenvalue weighted by Gasteiger charge is 2.19. The zero-order chi connectivity index (χ0) is 18.1. The first-order valence-electron chi connectivity index (χ1n) is 7.71. The zero-order valence-corrected chi connectivity index (χ0v) is 13.7. The van der Waals surface area contributed by atoms with Crippen LogP contribution in [0.4, 0.5) is 0 Å². The second kappa shape index (κ2) is 6.27. The predicted octanol–water partition coefficient (Wildman–Crippen LogP) is 2.57. The fourth-order valence-corrected chi connectivity index (χ4v) is 2.65. The van der Waals surface area contributed by atoms with E-state index in [1.165, 1.54) is 10.6 Å². The van der Waals surface area contributed by atoms with Gasteiger partial charge in [0.2, 0.25) is 0 Å². The summed E-state index contributed by atoms with van der Waals surface area (Å²) in [5.74, 6) is 0.0243. The summed E-state index contributed by atoms with van der Waals surface area (Å²) in [5.41, 5.74) is 1.45. The fourth-order valence-electron chi connectivity index (χ4n) is 2.65.